The monoisotopic (exact) mass is 368 g/mol. The molecule has 0 fully saturated rings. The van der Waals surface area contributed by atoms with Crippen molar-refractivity contribution in [3.63, 3.8) is 0 Å². The van der Waals surface area contributed by atoms with Crippen molar-refractivity contribution in [3.05, 3.63) is 89.0 Å². The summed E-state index contributed by atoms with van der Waals surface area (Å²) in [4.78, 5) is 2.11. The van der Waals surface area contributed by atoms with Crippen LogP contribution in [-0.4, -0.2) is 19.8 Å². The number of hydrogen-bond acceptors (Lipinski definition) is 2. The molecule has 0 spiro atoms. The fraction of sp³-hybridized carbons (Fsp3) is 0.269. The Hall–Kier alpha value is -2.87. The van der Waals surface area contributed by atoms with Crippen LogP contribution < -0.4 is 4.90 Å². The van der Waals surface area contributed by atoms with Crippen LogP contribution in [0.2, 0.25) is 0 Å². The second-order valence-electron chi connectivity index (χ2n) is 8.90. The zero-order valence-electron chi connectivity index (χ0n) is 17.4. The minimum absolute atomic E-state index is 0.168. The molecule has 0 saturated heterocycles. The Labute approximate surface area is 168 Å². The highest BCUT2D eigenvalue weighted by Gasteiger charge is 2.33. The Balaban J connectivity index is 1.98. The van der Waals surface area contributed by atoms with Crippen LogP contribution in [0, 0.1) is 10.8 Å². The molecule has 1 aliphatic carbocycles. The summed E-state index contributed by atoms with van der Waals surface area (Å²) in [6, 6.07) is 24.0. The van der Waals surface area contributed by atoms with Gasteiger partial charge in [0, 0.05) is 42.4 Å². The van der Waals surface area contributed by atoms with Gasteiger partial charge in [0.2, 0.25) is 0 Å². The topological polar surface area (TPSA) is 27.1 Å². The van der Waals surface area contributed by atoms with Gasteiger partial charge in [-0.2, -0.15) is 0 Å². The van der Waals surface area contributed by atoms with Crippen molar-refractivity contribution < 1.29 is 0 Å². The third kappa shape index (κ3) is 2.93. The van der Waals surface area contributed by atoms with E-state index < -0.39 is 0 Å². The molecule has 142 valence electrons. The van der Waals surface area contributed by atoms with Crippen molar-refractivity contribution in [2.24, 2.45) is 5.41 Å². The summed E-state index contributed by atoms with van der Waals surface area (Å²) >= 11 is 0. The number of nitrogens with zero attached hydrogens (tertiary/aromatic N) is 1. The number of fused-ring (bicyclic) bond motifs is 3. The van der Waals surface area contributed by atoms with Crippen molar-refractivity contribution in [1.29, 1.82) is 5.41 Å². The van der Waals surface area contributed by atoms with Gasteiger partial charge in [0.25, 0.3) is 0 Å². The third-order valence-corrected chi connectivity index (χ3v) is 5.72. The van der Waals surface area contributed by atoms with Crippen LogP contribution in [0.3, 0.4) is 0 Å². The molecule has 0 amide bonds. The largest absolute Gasteiger partial charge is 0.378 e. The van der Waals surface area contributed by atoms with E-state index in [0.29, 0.717) is 5.71 Å². The van der Waals surface area contributed by atoms with Crippen molar-refractivity contribution in [3.8, 4) is 11.1 Å². The number of benzene rings is 3. The van der Waals surface area contributed by atoms with Gasteiger partial charge >= 0.3 is 0 Å². The van der Waals surface area contributed by atoms with Crippen LogP contribution in [0.15, 0.2) is 66.7 Å². The molecular weight excluding hydrogens is 340 g/mol. The van der Waals surface area contributed by atoms with Gasteiger partial charge in [-0.05, 0) is 39.9 Å². The van der Waals surface area contributed by atoms with E-state index in [9.17, 15) is 0 Å². The molecule has 0 aliphatic heterocycles. The first-order chi connectivity index (χ1) is 13.3. The number of anilines is 1. The summed E-state index contributed by atoms with van der Waals surface area (Å²) < 4.78 is 0. The molecule has 0 unspecified atom stereocenters. The van der Waals surface area contributed by atoms with Crippen molar-refractivity contribution in [1.82, 2.24) is 0 Å². The van der Waals surface area contributed by atoms with Gasteiger partial charge in [-0.3, -0.25) is 0 Å². The molecule has 0 aromatic heterocycles. The first kappa shape index (κ1) is 18.5. The van der Waals surface area contributed by atoms with Crippen LogP contribution in [0.5, 0.6) is 0 Å². The highest BCUT2D eigenvalue weighted by molar-refractivity contribution is 6.04. The van der Waals surface area contributed by atoms with E-state index in [0.717, 1.165) is 11.3 Å². The fourth-order valence-corrected chi connectivity index (χ4v) is 4.19. The number of rotatable bonds is 3. The first-order valence-electron chi connectivity index (χ1n) is 9.88. The summed E-state index contributed by atoms with van der Waals surface area (Å²) in [7, 11) is 4.11. The van der Waals surface area contributed by atoms with Crippen molar-refractivity contribution >= 4 is 11.4 Å². The van der Waals surface area contributed by atoms with Gasteiger partial charge in [-0.15, -0.1) is 0 Å². The molecule has 1 aliphatic rings. The molecule has 0 heterocycles. The Morgan fingerprint density at radius 1 is 0.786 bits per heavy atom. The molecule has 0 bridgehead atoms. The molecule has 0 radical (unpaired) electrons. The van der Waals surface area contributed by atoms with Crippen LogP contribution >= 0.6 is 0 Å². The van der Waals surface area contributed by atoms with Crippen molar-refractivity contribution in [2.75, 3.05) is 19.0 Å². The zero-order chi connectivity index (χ0) is 20.1. The van der Waals surface area contributed by atoms with Crippen LogP contribution in [0.4, 0.5) is 5.69 Å². The fourth-order valence-electron chi connectivity index (χ4n) is 4.19. The van der Waals surface area contributed by atoms with E-state index in [-0.39, 0.29) is 11.3 Å². The zero-order valence-corrected chi connectivity index (χ0v) is 17.4. The highest BCUT2D eigenvalue weighted by atomic mass is 15.1. The van der Waals surface area contributed by atoms with Gasteiger partial charge in [0.05, 0.1) is 0 Å². The second kappa shape index (κ2) is 6.63. The van der Waals surface area contributed by atoms with Gasteiger partial charge < -0.3 is 10.3 Å². The quantitative estimate of drug-likeness (QED) is 0.420. The lowest BCUT2D eigenvalue weighted by Gasteiger charge is -2.27. The predicted octanol–water partition coefficient (Wildman–Crippen LogP) is 6.33. The van der Waals surface area contributed by atoms with Crippen LogP contribution in [0.1, 0.15) is 48.9 Å². The minimum Gasteiger partial charge on any atom is -0.378 e. The molecule has 28 heavy (non-hydrogen) atoms. The van der Waals surface area contributed by atoms with Crippen LogP contribution in [-0.2, 0) is 0 Å². The van der Waals surface area contributed by atoms with Crippen molar-refractivity contribution in [2.45, 2.75) is 26.7 Å². The summed E-state index contributed by atoms with van der Waals surface area (Å²) in [6.45, 7) is 6.37. The molecular formula is C26H28N2. The number of hydrogen-bond donors (Lipinski definition) is 1. The Morgan fingerprint density at radius 2 is 1.32 bits per heavy atom. The maximum Gasteiger partial charge on any atom is 0.0443 e. The van der Waals surface area contributed by atoms with Gasteiger partial charge in [0.15, 0.2) is 0 Å². The molecule has 1 N–H and O–H groups in total. The third-order valence-electron chi connectivity index (χ3n) is 5.72. The highest BCUT2D eigenvalue weighted by Crippen LogP contribution is 2.49. The minimum atomic E-state index is -0.211. The number of nitrogens with one attached hydrogen (secondary N) is 1. The lowest BCUT2D eigenvalue weighted by molar-refractivity contribution is 0.588. The summed E-state index contributed by atoms with van der Waals surface area (Å²) in [5.41, 5.74) is 9.19. The SMILES string of the molecule is CN(C)c1ccc(C2c3ccccc3-c3ccccc32)c(C(=N)C(C)(C)C)c1. The maximum absolute atomic E-state index is 8.97. The normalized spacial score (nSPS) is 13.2. The van der Waals surface area contributed by atoms with E-state index in [1.54, 1.807) is 0 Å². The Kier molecular flexibility index (Phi) is 4.38. The van der Waals surface area contributed by atoms with E-state index >= 15 is 0 Å². The van der Waals surface area contributed by atoms with E-state index in [2.05, 4.69) is 106 Å². The van der Waals surface area contributed by atoms with E-state index in [4.69, 9.17) is 5.41 Å². The standard InChI is InChI=1S/C26H28N2/c1-26(2,3)25(27)23-16-17(28(4)5)14-15-22(23)24-20-12-8-6-10-18(20)19-11-7-9-13-21(19)24/h6-16,24,27H,1-5H3. The molecule has 0 atom stereocenters. The first-order valence-corrected chi connectivity index (χ1v) is 9.88. The second-order valence-corrected chi connectivity index (χ2v) is 8.90. The maximum atomic E-state index is 8.97. The average Bonchev–Trinajstić information content (AvgIpc) is 3.00. The van der Waals surface area contributed by atoms with Gasteiger partial charge in [0.1, 0.15) is 0 Å². The van der Waals surface area contributed by atoms with Gasteiger partial charge in [-0.1, -0.05) is 75.4 Å². The molecule has 4 rings (SSSR count). The molecule has 3 aromatic rings. The van der Waals surface area contributed by atoms with Gasteiger partial charge in [-0.25, -0.2) is 0 Å². The molecule has 0 saturated carbocycles. The Bertz CT molecular complexity index is 1010. The van der Waals surface area contributed by atoms with Crippen LogP contribution in [0.25, 0.3) is 11.1 Å². The molecule has 3 aromatic carbocycles. The lowest BCUT2D eigenvalue weighted by Crippen LogP contribution is -2.23. The smallest absolute Gasteiger partial charge is 0.0443 e. The Morgan fingerprint density at radius 3 is 1.82 bits per heavy atom. The molecule has 2 heteroatoms. The van der Waals surface area contributed by atoms with E-state index in [1.165, 1.54) is 27.8 Å². The predicted molar refractivity (Wildman–Crippen MR) is 120 cm³/mol. The van der Waals surface area contributed by atoms with E-state index in [1.807, 2.05) is 0 Å². The lowest BCUT2D eigenvalue weighted by atomic mass is 9.79. The molecule has 2 nitrogen and oxygen atoms in total. The summed E-state index contributed by atoms with van der Waals surface area (Å²) in [6.07, 6.45) is 0. The summed E-state index contributed by atoms with van der Waals surface area (Å²) in [5.74, 6) is 0.168. The average molecular weight is 369 g/mol. The summed E-state index contributed by atoms with van der Waals surface area (Å²) in [5, 5.41) is 8.97.